The lowest BCUT2D eigenvalue weighted by Crippen LogP contribution is -1.96. The number of halogens is 1. The molecule has 0 radical (unpaired) electrons. The first-order valence-corrected chi connectivity index (χ1v) is 11.6. The average Bonchev–Trinajstić information content (AvgIpc) is 3.17. The molecule has 0 unspecified atom stereocenters. The van der Waals surface area contributed by atoms with Gasteiger partial charge in [-0.15, -0.1) is 0 Å². The third-order valence-corrected chi connectivity index (χ3v) is 6.02. The molecule has 0 aliphatic rings. The Morgan fingerprint density at radius 2 is 1.47 bits per heavy atom. The second kappa shape index (κ2) is 8.30. The Bertz CT molecular complexity index is 1290. The van der Waals surface area contributed by atoms with Crippen molar-refractivity contribution in [2.24, 2.45) is 0 Å². The number of benzene rings is 3. The quantitative estimate of drug-likeness (QED) is 0.420. The van der Waals surface area contributed by atoms with Crippen LogP contribution in [0.4, 0.5) is 0 Å². The summed E-state index contributed by atoms with van der Waals surface area (Å²) in [4.78, 5) is 8.41. The van der Waals surface area contributed by atoms with Crippen LogP contribution in [-0.2, 0) is 9.84 Å². The lowest BCUT2D eigenvalue weighted by Gasteiger charge is -2.05. The molecule has 0 aliphatic carbocycles. The molecule has 4 aromatic rings. The largest absolute Gasteiger partial charge is 0.338 e. The standard InChI is InChI=1S/C24H19ClN2O2S/c1-30(28,29)21-14-10-19(11-15-21)24-23(18-8-12-20(25)13-9-18)26-22(27-24)16-7-17-5-3-2-4-6-17/h2-16H,1H3,(H,26,27). The second-order valence-electron chi connectivity index (χ2n) is 6.89. The molecule has 3 aromatic carbocycles. The van der Waals surface area contributed by atoms with Gasteiger partial charge in [-0.3, -0.25) is 0 Å². The summed E-state index contributed by atoms with van der Waals surface area (Å²) in [5.74, 6) is 0.700. The van der Waals surface area contributed by atoms with Gasteiger partial charge in [0.05, 0.1) is 16.3 Å². The molecule has 1 N–H and O–H groups in total. The van der Waals surface area contributed by atoms with Crippen molar-refractivity contribution in [1.29, 1.82) is 0 Å². The number of nitrogens with one attached hydrogen (secondary N) is 1. The van der Waals surface area contributed by atoms with Crippen molar-refractivity contribution in [3.63, 3.8) is 0 Å². The SMILES string of the molecule is CS(=O)(=O)c1ccc(-c2[nH]c(C=Cc3ccccc3)nc2-c2ccc(Cl)cc2)cc1. The number of nitrogens with zero attached hydrogens (tertiary/aromatic N) is 1. The molecule has 4 nitrogen and oxygen atoms in total. The Morgan fingerprint density at radius 3 is 2.10 bits per heavy atom. The first-order valence-electron chi connectivity index (χ1n) is 9.30. The molecule has 0 spiro atoms. The molecule has 0 fully saturated rings. The highest BCUT2D eigenvalue weighted by Gasteiger charge is 2.14. The summed E-state index contributed by atoms with van der Waals surface area (Å²) in [5, 5.41) is 0.650. The van der Waals surface area contributed by atoms with E-state index in [-0.39, 0.29) is 4.90 Å². The number of H-pyrrole nitrogens is 1. The van der Waals surface area contributed by atoms with E-state index in [4.69, 9.17) is 16.6 Å². The lowest BCUT2D eigenvalue weighted by atomic mass is 10.1. The van der Waals surface area contributed by atoms with Gasteiger partial charge in [0.2, 0.25) is 0 Å². The highest BCUT2D eigenvalue weighted by molar-refractivity contribution is 7.90. The Kier molecular flexibility index (Phi) is 5.57. The molecule has 6 heteroatoms. The predicted octanol–water partition coefficient (Wildman–Crippen LogP) is 5.97. The number of rotatable bonds is 5. The Hall–Kier alpha value is -3.15. The van der Waals surface area contributed by atoms with E-state index in [1.54, 1.807) is 24.3 Å². The Morgan fingerprint density at radius 1 is 0.833 bits per heavy atom. The maximum atomic E-state index is 11.8. The molecule has 0 atom stereocenters. The second-order valence-corrected chi connectivity index (χ2v) is 9.35. The summed E-state index contributed by atoms with van der Waals surface area (Å²) in [6.45, 7) is 0. The molecule has 0 saturated heterocycles. The number of aromatic amines is 1. The van der Waals surface area contributed by atoms with E-state index in [1.165, 1.54) is 6.26 Å². The van der Waals surface area contributed by atoms with Gasteiger partial charge in [0, 0.05) is 22.4 Å². The van der Waals surface area contributed by atoms with Gasteiger partial charge in [-0.05, 0) is 35.9 Å². The molecule has 0 aliphatic heterocycles. The maximum absolute atomic E-state index is 11.8. The van der Waals surface area contributed by atoms with Gasteiger partial charge in [0.1, 0.15) is 5.82 Å². The van der Waals surface area contributed by atoms with Gasteiger partial charge < -0.3 is 4.98 Å². The smallest absolute Gasteiger partial charge is 0.175 e. The zero-order valence-corrected chi connectivity index (χ0v) is 17.8. The van der Waals surface area contributed by atoms with Gasteiger partial charge >= 0.3 is 0 Å². The molecule has 30 heavy (non-hydrogen) atoms. The first kappa shape index (κ1) is 20.1. The average molecular weight is 435 g/mol. The van der Waals surface area contributed by atoms with Crippen LogP contribution in [0.25, 0.3) is 34.7 Å². The van der Waals surface area contributed by atoms with Gasteiger partial charge in [-0.2, -0.15) is 0 Å². The topological polar surface area (TPSA) is 62.8 Å². The number of aromatic nitrogens is 2. The number of hydrogen-bond acceptors (Lipinski definition) is 3. The van der Waals surface area contributed by atoms with Crippen molar-refractivity contribution in [2.75, 3.05) is 6.26 Å². The fourth-order valence-corrected chi connectivity index (χ4v) is 3.86. The minimum Gasteiger partial charge on any atom is -0.338 e. The summed E-state index contributed by atoms with van der Waals surface area (Å²) in [7, 11) is -3.25. The van der Waals surface area contributed by atoms with Crippen molar-refractivity contribution < 1.29 is 8.42 Å². The van der Waals surface area contributed by atoms with E-state index in [9.17, 15) is 8.42 Å². The number of imidazole rings is 1. The van der Waals surface area contributed by atoms with Crippen LogP contribution in [0.5, 0.6) is 0 Å². The maximum Gasteiger partial charge on any atom is 0.175 e. The van der Waals surface area contributed by atoms with Gasteiger partial charge in [-0.1, -0.05) is 72.3 Å². The fraction of sp³-hybridized carbons (Fsp3) is 0.0417. The molecule has 1 heterocycles. The lowest BCUT2D eigenvalue weighted by molar-refractivity contribution is 0.602. The van der Waals surface area contributed by atoms with Crippen molar-refractivity contribution in [1.82, 2.24) is 9.97 Å². The van der Waals surface area contributed by atoms with Crippen LogP contribution in [0.15, 0.2) is 83.8 Å². The summed E-state index contributed by atoms with van der Waals surface area (Å²) in [5.41, 5.74) is 4.41. The third-order valence-electron chi connectivity index (χ3n) is 4.64. The Labute approximate surface area is 180 Å². The van der Waals surface area contributed by atoms with E-state index >= 15 is 0 Å². The summed E-state index contributed by atoms with van der Waals surface area (Å²) >= 11 is 6.04. The first-order chi connectivity index (χ1) is 14.4. The number of sulfone groups is 1. The van der Waals surface area contributed by atoms with Crippen molar-refractivity contribution in [3.8, 4) is 22.5 Å². The predicted molar refractivity (Wildman–Crippen MR) is 123 cm³/mol. The van der Waals surface area contributed by atoms with E-state index < -0.39 is 9.84 Å². The Balaban J connectivity index is 1.78. The van der Waals surface area contributed by atoms with Crippen LogP contribution in [-0.4, -0.2) is 24.6 Å². The van der Waals surface area contributed by atoms with Crippen LogP contribution < -0.4 is 0 Å². The van der Waals surface area contributed by atoms with Crippen LogP contribution in [0.3, 0.4) is 0 Å². The van der Waals surface area contributed by atoms with Crippen molar-refractivity contribution in [3.05, 3.63) is 95.3 Å². The molecule has 0 saturated carbocycles. The molecule has 0 amide bonds. The zero-order chi connectivity index (χ0) is 21.1. The summed E-state index contributed by atoms with van der Waals surface area (Å²) in [6.07, 6.45) is 5.11. The summed E-state index contributed by atoms with van der Waals surface area (Å²) in [6, 6.07) is 24.2. The minimum absolute atomic E-state index is 0.281. The van der Waals surface area contributed by atoms with Crippen molar-refractivity contribution in [2.45, 2.75) is 4.90 Å². The molecular weight excluding hydrogens is 416 g/mol. The molecule has 4 rings (SSSR count). The highest BCUT2D eigenvalue weighted by Crippen LogP contribution is 2.32. The molecule has 150 valence electrons. The van der Waals surface area contributed by atoms with Crippen LogP contribution in [0.1, 0.15) is 11.4 Å². The van der Waals surface area contributed by atoms with E-state index in [0.29, 0.717) is 10.8 Å². The molecule has 1 aromatic heterocycles. The van der Waals surface area contributed by atoms with Gasteiger partial charge in [0.15, 0.2) is 9.84 Å². The zero-order valence-electron chi connectivity index (χ0n) is 16.2. The van der Waals surface area contributed by atoms with Crippen molar-refractivity contribution >= 4 is 33.6 Å². The molecular formula is C24H19ClN2O2S. The monoisotopic (exact) mass is 434 g/mol. The van der Waals surface area contributed by atoms with Gasteiger partial charge in [-0.25, -0.2) is 13.4 Å². The third kappa shape index (κ3) is 4.53. The van der Waals surface area contributed by atoms with E-state index in [2.05, 4.69) is 4.98 Å². The van der Waals surface area contributed by atoms with Crippen LogP contribution in [0.2, 0.25) is 5.02 Å². The fourth-order valence-electron chi connectivity index (χ4n) is 3.10. The van der Waals surface area contributed by atoms with Crippen LogP contribution in [0, 0.1) is 0 Å². The normalized spacial score (nSPS) is 11.8. The number of hydrogen-bond donors (Lipinski definition) is 1. The highest BCUT2D eigenvalue weighted by atomic mass is 35.5. The molecule has 0 bridgehead atoms. The van der Waals surface area contributed by atoms with Gasteiger partial charge in [0.25, 0.3) is 0 Å². The van der Waals surface area contributed by atoms with Crippen LogP contribution >= 0.6 is 11.6 Å². The van der Waals surface area contributed by atoms with E-state index in [1.807, 2.05) is 66.7 Å². The minimum atomic E-state index is -3.25. The summed E-state index contributed by atoms with van der Waals surface area (Å²) < 4.78 is 23.6. The van der Waals surface area contributed by atoms with E-state index in [0.717, 1.165) is 28.1 Å².